The van der Waals surface area contributed by atoms with Gasteiger partial charge in [0.1, 0.15) is 11.6 Å². The molecule has 0 unspecified atom stereocenters. The third-order valence-corrected chi connectivity index (χ3v) is 4.63. The molecule has 0 aliphatic heterocycles. The number of thioether (sulfide) groups is 1. The van der Waals surface area contributed by atoms with Crippen molar-refractivity contribution in [2.24, 2.45) is 0 Å². The molecule has 27 heavy (non-hydrogen) atoms. The van der Waals surface area contributed by atoms with Crippen LogP contribution in [0, 0.1) is 0 Å². The Hall–Kier alpha value is -3.26. The summed E-state index contributed by atoms with van der Waals surface area (Å²) in [5, 5.41) is 13.5. The first-order chi connectivity index (χ1) is 13.3. The van der Waals surface area contributed by atoms with Crippen LogP contribution < -0.4 is 0 Å². The van der Waals surface area contributed by atoms with Gasteiger partial charge in [0.05, 0.1) is 5.75 Å². The summed E-state index contributed by atoms with van der Waals surface area (Å²) in [6.07, 6.45) is 3.40. The molecule has 0 radical (unpaired) electrons. The number of hydrogen-bond acceptors (Lipinski definition) is 7. The van der Waals surface area contributed by atoms with E-state index in [2.05, 4.69) is 20.3 Å². The first-order valence-electron chi connectivity index (χ1n) is 8.25. The summed E-state index contributed by atoms with van der Waals surface area (Å²) in [6.45, 7) is 0.267. The van der Waals surface area contributed by atoms with Crippen LogP contribution in [0.2, 0.25) is 0 Å². The Bertz CT molecular complexity index is 1050. The van der Waals surface area contributed by atoms with Crippen LogP contribution in [0.3, 0.4) is 0 Å². The molecular formula is C19H15N5O2S. The highest BCUT2D eigenvalue weighted by molar-refractivity contribution is 7.99. The number of pyridine rings is 1. The van der Waals surface area contributed by atoms with Gasteiger partial charge in [0.15, 0.2) is 11.5 Å². The quantitative estimate of drug-likeness (QED) is 0.377. The van der Waals surface area contributed by atoms with Gasteiger partial charge in [0.2, 0.25) is 0 Å². The van der Waals surface area contributed by atoms with Crippen molar-refractivity contribution in [3.8, 4) is 11.4 Å². The van der Waals surface area contributed by atoms with Gasteiger partial charge in [-0.3, -0.25) is 9.78 Å². The summed E-state index contributed by atoms with van der Waals surface area (Å²) < 4.78 is 6.94. The standard InChI is InChI=1S/C19H15N5O2S/c25-18(26-12-14-5-2-1-3-6-14)13-27-17-9-8-16-21-22-19(24(16)23-17)15-7-4-10-20-11-15/h1-11H,12-13H2. The molecule has 1 aromatic carbocycles. The summed E-state index contributed by atoms with van der Waals surface area (Å²) in [6, 6.07) is 16.9. The van der Waals surface area contributed by atoms with E-state index in [9.17, 15) is 4.79 Å². The fraction of sp³-hybridized carbons (Fsp3) is 0.105. The summed E-state index contributed by atoms with van der Waals surface area (Å²) >= 11 is 1.31. The molecular weight excluding hydrogens is 362 g/mol. The van der Waals surface area contributed by atoms with E-state index in [-0.39, 0.29) is 18.3 Å². The van der Waals surface area contributed by atoms with Crippen molar-refractivity contribution in [1.82, 2.24) is 24.8 Å². The van der Waals surface area contributed by atoms with E-state index in [1.807, 2.05) is 54.6 Å². The summed E-state index contributed by atoms with van der Waals surface area (Å²) in [5.41, 5.74) is 2.41. The van der Waals surface area contributed by atoms with Gasteiger partial charge in [-0.05, 0) is 29.8 Å². The van der Waals surface area contributed by atoms with Crippen molar-refractivity contribution in [3.05, 3.63) is 72.6 Å². The number of carbonyl (C=O) groups excluding carboxylic acids is 1. The first-order valence-corrected chi connectivity index (χ1v) is 9.23. The van der Waals surface area contributed by atoms with E-state index >= 15 is 0 Å². The fourth-order valence-electron chi connectivity index (χ4n) is 2.44. The van der Waals surface area contributed by atoms with E-state index in [0.29, 0.717) is 16.5 Å². The zero-order chi connectivity index (χ0) is 18.5. The summed E-state index contributed by atoms with van der Waals surface area (Å²) in [4.78, 5) is 16.1. The first kappa shape index (κ1) is 17.2. The van der Waals surface area contributed by atoms with Crippen molar-refractivity contribution in [2.75, 3.05) is 5.75 Å². The minimum absolute atomic E-state index is 0.176. The molecule has 0 amide bonds. The molecule has 3 aromatic heterocycles. The van der Waals surface area contributed by atoms with E-state index < -0.39 is 0 Å². The van der Waals surface area contributed by atoms with Crippen molar-refractivity contribution in [1.29, 1.82) is 0 Å². The average Bonchev–Trinajstić information content (AvgIpc) is 3.15. The highest BCUT2D eigenvalue weighted by atomic mass is 32.2. The second kappa shape index (κ2) is 7.96. The molecule has 8 heteroatoms. The number of hydrogen-bond donors (Lipinski definition) is 0. The van der Waals surface area contributed by atoms with Crippen LogP contribution in [0.15, 0.2) is 72.0 Å². The van der Waals surface area contributed by atoms with Gasteiger partial charge in [-0.15, -0.1) is 10.2 Å². The number of ether oxygens (including phenoxy) is 1. The molecule has 0 N–H and O–H groups in total. The lowest BCUT2D eigenvalue weighted by atomic mass is 10.2. The number of fused-ring (bicyclic) bond motifs is 1. The lowest BCUT2D eigenvalue weighted by Crippen LogP contribution is -2.07. The molecule has 0 saturated carbocycles. The van der Waals surface area contributed by atoms with Gasteiger partial charge in [0.25, 0.3) is 0 Å². The molecule has 0 aliphatic carbocycles. The fourth-order valence-corrected chi connectivity index (χ4v) is 3.09. The Morgan fingerprint density at radius 1 is 1.04 bits per heavy atom. The van der Waals surface area contributed by atoms with Crippen molar-refractivity contribution < 1.29 is 9.53 Å². The van der Waals surface area contributed by atoms with Crippen LogP contribution in [0.5, 0.6) is 0 Å². The minimum Gasteiger partial charge on any atom is -0.460 e. The van der Waals surface area contributed by atoms with E-state index in [1.165, 1.54) is 11.8 Å². The van der Waals surface area contributed by atoms with Crippen LogP contribution in [0.25, 0.3) is 17.0 Å². The van der Waals surface area contributed by atoms with Gasteiger partial charge in [-0.1, -0.05) is 42.1 Å². The molecule has 3 heterocycles. The molecule has 0 fully saturated rings. The normalized spacial score (nSPS) is 10.8. The van der Waals surface area contributed by atoms with Crippen molar-refractivity contribution in [3.63, 3.8) is 0 Å². The van der Waals surface area contributed by atoms with Crippen molar-refractivity contribution in [2.45, 2.75) is 11.6 Å². The highest BCUT2D eigenvalue weighted by Gasteiger charge is 2.11. The Labute approximate surface area is 159 Å². The monoisotopic (exact) mass is 377 g/mol. The predicted octanol–water partition coefficient (Wildman–Crippen LogP) is 3.02. The molecule has 4 rings (SSSR count). The van der Waals surface area contributed by atoms with Gasteiger partial charge in [-0.2, -0.15) is 9.61 Å². The summed E-state index contributed by atoms with van der Waals surface area (Å²) in [5.74, 6) is 0.490. The van der Waals surface area contributed by atoms with Crippen LogP contribution in [-0.4, -0.2) is 36.5 Å². The SMILES string of the molecule is O=C(CSc1ccc2nnc(-c3cccnc3)n2n1)OCc1ccccc1. The van der Waals surface area contributed by atoms with Gasteiger partial charge < -0.3 is 4.74 Å². The Balaban J connectivity index is 1.42. The van der Waals surface area contributed by atoms with Crippen LogP contribution in [0.4, 0.5) is 0 Å². The molecule has 0 aliphatic rings. The number of aromatic nitrogens is 5. The smallest absolute Gasteiger partial charge is 0.316 e. The average molecular weight is 377 g/mol. The van der Waals surface area contributed by atoms with Crippen LogP contribution in [0.1, 0.15) is 5.56 Å². The molecule has 0 atom stereocenters. The van der Waals surface area contributed by atoms with E-state index in [4.69, 9.17) is 4.74 Å². The maximum absolute atomic E-state index is 12.0. The number of nitrogens with zero attached hydrogens (tertiary/aromatic N) is 5. The predicted molar refractivity (Wildman–Crippen MR) is 101 cm³/mol. The van der Waals surface area contributed by atoms with Gasteiger partial charge in [-0.25, -0.2) is 0 Å². The Morgan fingerprint density at radius 3 is 2.74 bits per heavy atom. The second-order valence-corrected chi connectivity index (χ2v) is 6.64. The van der Waals surface area contributed by atoms with E-state index in [1.54, 1.807) is 16.9 Å². The lowest BCUT2D eigenvalue weighted by Gasteiger charge is -2.05. The maximum Gasteiger partial charge on any atom is 0.316 e. The maximum atomic E-state index is 12.0. The lowest BCUT2D eigenvalue weighted by molar-refractivity contribution is -0.141. The van der Waals surface area contributed by atoms with Crippen molar-refractivity contribution >= 4 is 23.4 Å². The van der Waals surface area contributed by atoms with Crippen LogP contribution in [-0.2, 0) is 16.1 Å². The topological polar surface area (TPSA) is 82.3 Å². The largest absolute Gasteiger partial charge is 0.460 e. The molecule has 134 valence electrons. The number of benzene rings is 1. The third-order valence-electron chi connectivity index (χ3n) is 3.74. The number of esters is 1. The molecule has 4 aromatic rings. The summed E-state index contributed by atoms with van der Waals surface area (Å²) in [7, 11) is 0. The highest BCUT2D eigenvalue weighted by Crippen LogP contribution is 2.20. The van der Waals surface area contributed by atoms with Gasteiger partial charge in [0, 0.05) is 18.0 Å². The zero-order valence-electron chi connectivity index (χ0n) is 14.2. The molecule has 0 bridgehead atoms. The number of carbonyl (C=O) groups is 1. The van der Waals surface area contributed by atoms with Crippen LogP contribution >= 0.6 is 11.8 Å². The van der Waals surface area contributed by atoms with Gasteiger partial charge >= 0.3 is 5.97 Å². The third kappa shape index (κ3) is 4.12. The molecule has 0 saturated heterocycles. The van der Waals surface area contributed by atoms with E-state index in [0.717, 1.165) is 11.1 Å². The number of rotatable bonds is 6. The molecule has 7 nitrogen and oxygen atoms in total. The molecule has 0 spiro atoms. The minimum atomic E-state index is -0.290. The zero-order valence-corrected chi connectivity index (χ0v) is 15.0. The Morgan fingerprint density at radius 2 is 1.93 bits per heavy atom. The second-order valence-electron chi connectivity index (χ2n) is 5.64. The Kier molecular flexibility index (Phi) is 5.06.